The molecule has 0 spiro atoms. The van der Waals surface area contributed by atoms with Gasteiger partial charge < -0.3 is 14.8 Å². The van der Waals surface area contributed by atoms with Gasteiger partial charge in [-0.15, -0.1) is 0 Å². The van der Waals surface area contributed by atoms with Gasteiger partial charge in [-0.2, -0.15) is 0 Å². The van der Waals surface area contributed by atoms with Gasteiger partial charge in [0.2, 0.25) is 5.91 Å². The molecule has 2 heterocycles. The van der Waals surface area contributed by atoms with Crippen molar-refractivity contribution in [3.8, 4) is 11.4 Å². The van der Waals surface area contributed by atoms with Crippen LogP contribution in [0.4, 0.5) is 4.39 Å². The molecule has 0 saturated carbocycles. The maximum absolute atomic E-state index is 14.7. The third-order valence-electron chi connectivity index (χ3n) is 5.65. The Labute approximate surface area is 187 Å². The summed E-state index contributed by atoms with van der Waals surface area (Å²) in [5.41, 5.74) is 1.42. The molecule has 0 saturated heterocycles. The summed E-state index contributed by atoms with van der Waals surface area (Å²) in [5.74, 6) is -0.515. The second-order valence-corrected chi connectivity index (χ2v) is 9.10. The summed E-state index contributed by atoms with van der Waals surface area (Å²) in [6, 6.07) is 4.48. The standard InChI is InChI=1S/C23H30ClFN4O2/c1-14(2)10-15(23(31)26-3)11-20(30)21-19-13-28(4)8-5-9-29(19)22(27-21)17-7-6-16(24)12-18(17)25/h6-7,12,14-15H,5,8-11,13H2,1-4H3,(H,26,31)/t15-/m1/s1. The molecule has 2 aromatic rings. The second-order valence-electron chi connectivity index (χ2n) is 8.67. The summed E-state index contributed by atoms with van der Waals surface area (Å²) in [6.45, 7) is 6.10. The molecule has 1 aromatic heterocycles. The van der Waals surface area contributed by atoms with Crippen molar-refractivity contribution in [2.45, 2.75) is 46.2 Å². The summed E-state index contributed by atoms with van der Waals surface area (Å²) in [5, 5.41) is 2.97. The number of nitrogens with zero attached hydrogens (tertiary/aromatic N) is 3. The van der Waals surface area contributed by atoms with Crippen molar-refractivity contribution in [3.05, 3.63) is 40.4 Å². The van der Waals surface area contributed by atoms with Gasteiger partial charge in [-0.1, -0.05) is 25.4 Å². The van der Waals surface area contributed by atoms with E-state index in [1.165, 1.54) is 6.07 Å². The Morgan fingerprint density at radius 2 is 2.03 bits per heavy atom. The molecule has 6 nitrogen and oxygen atoms in total. The van der Waals surface area contributed by atoms with Gasteiger partial charge >= 0.3 is 0 Å². The lowest BCUT2D eigenvalue weighted by Gasteiger charge is -2.17. The molecule has 1 amide bonds. The Balaban J connectivity index is 2.04. The number of aromatic nitrogens is 2. The molecule has 31 heavy (non-hydrogen) atoms. The summed E-state index contributed by atoms with van der Waals surface area (Å²) in [7, 11) is 3.57. The number of hydrogen-bond acceptors (Lipinski definition) is 4. The summed E-state index contributed by atoms with van der Waals surface area (Å²) in [4.78, 5) is 32.4. The molecule has 1 aliphatic heterocycles. The van der Waals surface area contributed by atoms with Crippen LogP contribution in [0.25, 0.3) is 11.4 Å². The van der Waals surface area contributed by atoms with Crippen LogP contribution in [-0.2, 0) is 17.9 Å². The monoisotopic (exact) mass is 448 g/mol. The van der Waals surface area contributed by atoms with Gasteiger partial charge in [-0.3, -0.25) is 9.59 Å². The Morgan fingerprint density at radius 3 is 2.68 bits per heavy atom. The molecule has 1 aromatic carbocycles. The second kappa shape index (κ2) is 9.92. The van der Waals surface area contributed by atoms with Crippen molar-refractivity contribution in [1.29, 1.82) is 0 Å². The van der Waals surface area contributed by atoms with Crippen molar-refractivity contribution >= 4 is 23.3 Å². The van der Waals surface area contributed by atoms with E-state index >= 15 is 0 Å². The van der Waals surface area contributed by atoms with Crippen LogP contribution >= 0.6 is 11.6 Å². The number of carbonyl (C=O) groups excluding carboxylic acids is 2. The highest BCUT2D eigenvalue weighted by molar-refractivity contribution is 6.30. The normalized spacial score (nSPS) is 15.5. The third kappa shape index (κ3) is 5.33. The molecule has 8 heteroatoms. The predicted molar refractivity (Wildman–Crippen MR) is 120 cm³/mol. The maximum Gasteiger partial charge on any atom is 0.223 e. The van der Waals surface area contributed by atoms with Crippen molar-refractivity contribution in [2.24, 2.45) is 11.8 Å². The molecular formula is C23H30ClFN4O2. The number of fused-ring (bicyclic) bond motifs is 1. The van der Waals surface area contributed by atoms with E-state index in [0.717, 1.165) is 18.7 Å². The number of hydrogen-bond donors (Lipinski definition) is 1. The van der Waals surface area contributed by atoms with Crippen molar-refractivity contribution < 1.29 is 14.0 Å². The molecule has 168 valence electrons. The number of ketones is 1. The van der Waals surface area contributed by atoms with Crippen molar-refractivity contribution in [3.63, 3.8) is 0 Å². The quantitative estimate of drug-likeness (QED) is 0.646. The van der Waals surface area contributed by atoms with Crippen LogP contribution in [0, 0.1) is 17.7 Å². The first-order valence-corrected chi connectivity index (χ1v) is 11.1. The van der Waals surface area contributed by atoms with Crippen LogP contribution in [0.5, 0.6) is 0 Å². The first kappa shape index (κ1) is 23.4. The van der Waals surface area contributed by atoms with E-state index in [1.807, 2.05) is 25.5 Å². The average molecular weight is 449 g/mol. The van der Waals surface area contributed by atoms with Crippen LogP contribution in [0.3, 0.4) is 0 Å². The SMILES string of the molecule is CNC(=O)[C@@H](CC(=O)c1nc(-c2ccc(Cl)cc2F)n2c1CN(C)CCC2)CC(C)C. The minimum absolute atomic E-state index is 0.0775. The zero-order valence-corrected chi connectivity index (χ0v) is 19.3. The van der Waals surface area contributed by atoms with Gasteiger partial charge in [0.15, 0.2) is 5.78 Å². The molecule has 1 aliphatic rings. The van der Waals surface area contributed by atoms with Gasteiger partial charge in [-0.25, -0.2) is 9.37 Å². The molecule has 0 unspecified atom stereocenters. The summed E-state index contributed by atoms with van der Waals surface area (Å²) in [6.07, 6.45) is 1.55. The Bertz CT molecular complexity index is 973. The highest BCUT2D eigenvalue weighted by atomic mass is 35.5. The van der Waals surface area contributed by atoms with Crippen LogP contribution in [0.2, 0.25) is 5.02 Å². The average Bonchev–Trinajstić information content (AvgIpc) is 2.92. The lowest BCUT2D eigenvalue weighted by Crippen LogP contribution is -2.30. The molecule has 0 bridgehead atoms. The largest absolute Gasteiger partial charge is 0.359 e. The molecule has 1 atom stereocenters. The summed E-state index contributed by atoms with van der Waals surface area (Å²) < 4.78 is 16.7. The minimum atomic E-state index is -0.472. The first-order valence-electron chi connectivity index (χ1n) is 10.7. The van der Waals surface area contributed by atoms with E-state index in [1.54, 1.807) is 19.2 Å². The molecule has 1 N–H and O–H groups in total. The molecular weight excluding hydrogens is 419 g/mol. The topological polar surface area (TPSA) is 67.2 Å². The van der Waals surface area contributed by atoms with Crippen LogP contribution in [-0.4, -0.2) is 46.8 Å². The van der Waals surface area contributed by atoms with Gasteiger partial charge in [0.1, 0.15) is 17.3 Å². The number of halogens is 2. The Hall–Kier alpha value is -2.25. The van der Waals surface area contributed by atoms with Gasteiger partial charge in [-0.05, 0) is 50.6 Å². The van der Waals surface area contributed by atoms with Crippen molar-refractivity contribution in [2.75, 3.05) is 20.6 Å². The molecule has 0 aliphatic carbocycles. The van der Waals surface area contributed by atoms with E-state index in [2.05, 4.69) is 15.2 Å². The van der Waals surface area contributed by atoms with Crippen LogP contribution in [0.1, 0.15) is 49.3 Å². The molecule has 0 radical (unpaired) electrons. The van der Waals surface area contributed by atoms with E-state index in [0.29, 0.717) is 41.6 Å². The summed E-state index contributed by atoms with van der Waals surface area (Å²) >= 11 is 5.92. The third-order valence-corrected chi connectivity index (χ3v) is 5.89. The van der Waals surface area contributed by atoms with Gasteiger partial charge in [0, 0.05) is 37.5 Å². The fourth-order valence-corrected chi connectivity index (χ4v) is 4.36. The highest BCUT2D eigenvalue weighted by Gasteiger charge is 2.30. The smallest absolute Gasteiger partial charge is 0.223 e. The Kier molecular flexibility index (Phi) is 7.49. The van der Waals surface area contributed by atoms with Crippen LogP contribution < -0.4 is 5.32 Å². The number of rotatable bonds is 7. The van der Waals surface area contributed by atoms with Crippen molar-refractivity contribution in [1.82, 2.24) is 19.8 Å². The number of carbonyl (C=O) groups is 2. The number of amides is 1. The highest BCUT2D eigenvalue weighted by Crippen LogP contribution is 2.30. The van der Waals surface area contributed by atoms with E-state index in [-0.39, 0.29) is 24.0 Å². The lowest BCUT2D eigenvalue weighted by atomic mass is 9.90. The fraction of sp³-hybridized carbons (Fsp3) is 0.522. The van der Waals surface area contributed by atoms with Gasteiger partial charge in [0.05, 0.1) is 11.3 Å². The van der Waals surface area contributed by atoms with Gasteiger partial charge in [0.25, 0.3) is 0 Å². The zero-order valence-electron chi connectivity index (χ0n) is 18.5. The number of Topliss-reactive ketones (excluding diaryl/α,β-unsaturated/α-hetero) is 1. The number of benzene rings is 1. The van der Waals surface area contributed by atoms with E-state index < -0.39 is 11.7 Å². The molecule has 0 fully saturated rings. The first-order chi connectivity index (χ1) is 14.7. The minimum Gasteiger partial charge on any atom is -0.359 e. The Morgan fingerprint density at radius 1 is 1.29 bits per heavy atom. The predicted octanol–water partition coefficient (Wildman–Crippen LogP) is 4.16. The maximum atomic E-state index is 14.7. The van der Waals surface area contributed by atoms with E-state index in [4.69, 9.17) is 11.6 Å². The zero-order chi connectivity index (χ0) is 22.7. The molecule has 3 rings (SSSR count). The number of nitrogens with one attached hydrogen (secondary N) is 1. The fourth-order valence-electron chi connectivity index (χ4n) is 4.20. The van der Waals surface area contributed by atoms with E-state index in [9.17, 15) is 14.0 Å². The lowest BCUT2D eigenvalue weighted by molar-refractivity contribution is -0.124. The number of imidazole rings is 1. The van der Waals surface area contributed by atoms with Crippen LogP contribution in [0.15, 0.2) is 18.2 Å².